The van der Waals surface area contributed by atoms with Gasteiger partial charge >= 0.3 is 12.1 Å². The maximum absolute atomic E-state index is 13.7. The second-order valence-corrected chi connectivity index (χ2v) is 11.2. The van der Waals surface area contributed by atoms with Gasteiger partial charge in [0.25, 0.3) is 10.0 Å². The lowest BCUT2D eigenvalue weighted by molar-refractivity contribution is -0.149. The van der Waals surface area contributed by atoms with Crippen LogP contribution in [-0.2, 0) is 21.0 Å². The summed E-state index contributed by atoms with van der Waals surface area (Å²) < 4.78 is 69.9. The molecule has 200 valence electrons. The minimum atomic E-state index is -4.69. The lowest BCUT2D eigenvalue weighted by Gasteiger charge is -2.52. The third kappa shape index (κ3) is 4.80. The maximum Gasteiger partial charge on any atom is 0.418 e. The number of piperidine rings is 1. The summed E-state index contributed by atoms with van der Waals surface area (Å²) in [6.45, 7) is 2.27. The standard InChI is InChI=1S/C26H25F3N4O4S/c1-15-6-2-3-7-16(15)24-19(26(27,28)29)11-12-21(30-24)32-38(36,37)23-10-4-9-22(31-23)33-13-5-8-17-18(25(34)35)14-20(17)33/h2-4,6-7,9-12,17-18,20H,5,8,13-14H2,1H3,(H,30,32)(H,34,35)/t17?,18?,20-/m0/s1. The first-order valence-electron chi connectivity index (χ1n) is 12.1. The number of aryl methyl sites for hydroxylation is 1. The van der Waals surface area contributed by atoms with Gasteiger partial charge in [0.15, 0.2) is 5.03 Å². The van der Waals surface area contributed by atoms with E-state index in [4.69, 9.17) is 0 Å². The van der Waals surface area contributed by atoms with E-state index in [1.807, 2.05) is 4.90 Å². The molecule has 2 unspecified atom stereocenters. The number of nitrogens with one attached hydrogen (secondary N) is 1. The number of halogens is 3. The number of aliphatic carboxylic acids is 1. The second kappa shape index (κ2) is 9.57. The zero-order chi connectivity index (χ0) is 27.2. The van der Waals surface area contributed by atoms with E-state index in [2.05, 4.69) is 14.7 Å². The Balaban J connectivity index is 1.44. The van der Waals surface area contributed by atoms with Crippen LogP contribution in [0, 0.1) is 18.8 Å². The molecule has 0 amide bonds. The van der Waals surface area contributed by atoms with Crippen molar-refractivity contribution in [3.63, 3.8) is 0 Å². The number of benzene rings is 1. The molecule has 1 aromatic carbocycles. The van der Waals surface area contributed by atoms with Crippen molar-refractivity contribution in [3.8, 4) is 11.3 Å². The second-order valence-electron chi connectivity index (χ2n) is 9.59. The van der Waals surface area contributed by atoms with E-state index in [9.17, 15) is 31.5 Å². The summed E-state index contributed by atoms with van der Waals surface area (Å²) in [4.78, 5) is 21.8. The minimum absolute atomic E-state index is 0.0161. The van der Waals surface area contributed by atoms with Crippen LogP contribution in [0.4, 0.5) is 24.8 Å². The number of carboxylic acids is 1. The molecule has 3 heterocycles. The van der Waals surface area contributed by atoms with Crippen molar-refractivity contribution in [2.24, 2.45) is 11.8 Å². The molecule has 5 rings (SSSR count). The highest BCUT2D eigenvalue weighted by molar-refractivity contribution is 7.92. The number of carboxylic acid groups (broad SMARTS) is 1. The topological polar surface area (TPSA) is 112 Å². The van der Waals surface area contributed by atoms with Gasteiger partial charge in [0.05, 0.1) is 17.2 Å². The number of rotatable bonds is 6. The lowest BCUT2D eigenvalue weighted by Crippen LogP contribution is -2.58. The molecule has 2 fully saturated rings. The smallest absolute Gasteiger partial charge is 0.418 e. The van der Waals surface area contributed by atoms with E-state index >= 15 is 0 Å². The van der Waals surface area contributed by atoms with Crippen molar-refractivity contribution in [2.45, 2.75) is 43.4 Å². The summed E-state index contributed by atoms with van der Waals surface area (Å²) >= 11 is 0. The summed E-state index contributed by atoms with van der Waals surface area (Å²) in [6.07, 6.45) is -2.67. The minimum Gasteiger partial charge on any atom is -0.481 e. The van der Waals surface area contributed by atoms with Crippen molar-refractivity contribution in [2.75, 3.05) is 16.2 Å². The lowest BCUT2D eigenvalue weighted by atomic mass is 9.64. The maximum atomic E-state index is 13.7. The predicted octanol–water partition coefficient (Wildman–Crippen LogP) is 4.96. The molecule has 0 radical (unpaired) electrons. The van der Waals surface area contributed by atoms with E-state index < -0.39 is 33.7 Å². The Kier molecular flexibility index (Phi) is 6.54. The van der Waals surface area contributed by atoms with Crippen LogP contribution in [0.25, 0.3) is 11.3 Å². The summed E-state index contributed by atoms with van der Waals surface area (Å²) in [5, 5.41) is 9.08. The number of alkyl halides is 3. The Bertz CT molecular complexity index is 1500. The molecule has 8 nitrogen and oxygen atoms in total. The summed E-state index contributed by atoms with van der Waals surface area (Å²) in [7, 11) is -4.29. The van der Waals surface area contributed by atoms with Crippen molar-refractivity contribution in [1.29, 1.82) is 0 Å². The SMILES string of the molecule is Cc1ccccc1-c1nc(NS(=O)(=O)c2cccc(N3CCCC4C(C(=O)O)C[C@@H]43)n2)ccc1C(F)(F)F. The zero-order valence-corrected chi connectivity index (χ0v) is 21.1. The van der Waals surface area contributed by atoms with Gasteiger partial charge < -0.3 is 10.0 Å². The number of fused-ring (bicyclic) bond motifs is 1. The van der Waals surface area contributed by atoms with E-state index in [0.29, 0.717) is 24.3 Å². The fourth-order valence-corrected chi connectivity index (χ4v) is 6.32. The number of hydrogen-bond donors (Lipinski definition) is 2. The van der Waals surface area contributed by atoms with E-state index in [-0.39, 0.29) is 34.1 Å². The van der Waals surface area contributed by atoms with Crippen LogP contribution in [-0.4, -0.2) is 42.0 Å². The van der Waals surface area contributed by atoms with Gasteiger partial charge in [-0.3, -0.25) is 9.52 Å². The van der Waals surface area contributed by atoms with Crippen LogP contribution in [0.15, 0.2) is 59.6 Å². The molecule has 1 saturated heterocycles. The van der Waals surface area contributed by atoms with E-state index in [1.165, 1.54) is 18.2 Å². The number of hydrogen-bond acceptors (Lipinski definition) is 6. The van der Waals surface area contributed by atoms with Gasteiger partial charge in [-0.05, 0) is 61.9 Å². The highest BCUT2D eigenvalue weighted by Gasteiger charge is 2.49. The molecule has 12 heteroatoms. The third-order valence-electron chi connectivity index (χ3n) is 7.28. The monoisotopic (exact) mass is 546 g/mol. The van der Waals surface area contributed by atoms with Crippen LogP contribution in [0.1, 0.15) is 30.4 Å². The Morgan fingerprint density at radius 3 is 2.55 bits per heavy atom. The first kappa shape index (κ1) is 26.0. The van der Waals surface area contributed by atoms with Gasteiger partial charge in [0.1, 0.15) is 11.6 Å². The van der Waals surface area contributed by atoms with Crippen LogP contribution in [0.3, 0.4) is 0 Å². The molecule has 2 aromatic heterocycles. The molecule has 2 aliphatic rings. The van der Waals surface area contributed by atoms with Gasteiger partial charge in [-0.2, -0.15) is 21.6 Å². The summed E-state index contributed by atoms with van der Waals surface area (Å²) in [5.41, 5.74) is -0.564. The van der Waals surface area contributed by atoms with Crippen molar-refractivity contribution in [1.82, 2.24) is 9.97 Å². The molecule has 1 aliphatic heterocycles. The van der Waals surface area contributed by atoms with Gasteiger partial charge in [-0.25, -0.2) is 9.97 Å². The van der Waals surface area contributed by atoms with Crippen LogP contribution < -0.4 is 9.62 Å². The molecule has 3 aromatic rings. The highest BCUT2D eigenvalue weighted by atomic mass is 32.2. The molecular formula is C26H25F3N4O4S. The third-order valence-corrected chi connectivity index (χ3v) is 8.53. The Morgan fingerprint density at radius 1 is 1.08 bits per heavy atom. The first-order valence-corrected chi connectivity index (χ1v) is 13.6. The van der Waals surface area contributed by atoms with Crippen molar-refractivity contribution >= 4 is 27.6 Å². The molecule has 0 bridgehead atoms. The number of pyridine rings is 2. The van der Waals surface area contributed by atoms with Gasteiger partial charge in [0.2, 0.25) is 0 Å². The Morgan fingerprint density at radius 2 is 1.84 bits per heavy atom. The first-order chi connectivity index (χ1) is 18.0. The van der Waals surface area contributed by atoms with Crippen molar-refractivity contribution in [3.05, 3.63) is 65.7 Å². The number of sulfonamides is 1. The fourth-order valence-electron chi connectivity index (χ4n) is 5.36. The summed E-state index contributed by atoms with van der Waals surface area (Å²) in [6, 6.07) is 12.7. The van der Waals surface area contributed by atoms with E-state index in [1.54, 1.807) is 31.2 Å². The fraction of sp³-hybridized carbons (Fsp3) is 0.346. The van der Waals surface area contributed by atoms with Crippen LogP contribution in [0.5, 0.6) is 0 Å². The Labute approximate surface area is 217 Å². The number of carbonyl (C=O) groups is 1. The quantitative estimate of drug-likeness (QED) is 0.449. The molecule has 2 N–H and O–H groups in total. The molecular weight excluding hydrogens is 521 g/mol. The molecule has 1 saturated carbocycles. The van der Waals surface area contributed by atoms with Crippen LogP contribution >= 0.6 is 0 Å². The molecule has 0 spiro atoms. The van der Waals surface area contributed by atoms with Gasteiger partial charge in [-0.15, -0.1) is 0 Å². The number of nitrogens with zero attached hydrogens (tertiary/aromatic N) is 3. The average Bonchev–Trinajstić information content (AvgIpc) is 2.84. The van der Waals surface area contributed by atoms with Gasteiger partial charge in [-0.1, -0.05) is 30.3 Å². The highest BCUT2D eigenvalue weighted by Crippen LogP contribution is 2.45. The van der Waals surface area contributed by atoms with E-state index in [0.717, 1.165) is 25.0 Å². The zero-order valence-electron chi connectivity index (χ0n) is 20.3. The molecule has 3 atom stereocenters. The number of anilines is 2. The summed E-state index contributed by atoms with van der Waals surface area (Å²) in [5.74, 6) is -1.12. The van der Waals surface area contributed by atoms with Crippen LogP contribution in [0.2, 0.25) is 0 Å². The predicted molar refractivity (Wildman–Crippen MR) is 134 cm³/mol. The number of aromatic nitrogens is 2. The normalized spacial score (nSPS) is 21.4. The average molecular weight is 547 g/mol. The van der Waals surface area contributed by atoms with Crippen molar-refractivity contribution < 1.29 is 31.5 Å². The molecule has 1 aliphatic carbocycles. The Hall–Kier alpha value is -3.67. The molecule has 38 heavy (non-hydrogen) atoms. The largest absolute Gasteiger partial charge is 0.481 e. The van der Waals surface area contributed by atoms with Gasteiger partial charge in [0, 0.05) is 18.2 Å².